The second-order valence-corrected chi connectivity index (χ2v) is 11.0. The minimum atomic E-state index is -5.08. The molecule has 0 bridgehead atoms. The van der Waals surface area contributed by atoms with Crippen molar-refractivity contribution in [2.24, 2.45) is 0 Å². The van der Waals surface area contributed by atoms with Gasteiger partial charge in [0.2, 0.25) is 0 Å². The number of rotatable bonds is 8. The van der Waals surface area contributed by atoms with Crippen molar-refractivity contribution in [2.75, 3.05) is 19.6 Å². The van der Waals surface area contributed by atoms with Gasteiger partial charge in [-0.25, -0.2) is 14.0 Å². The van der Waals surface area contributed by atoms with Crippen LogP contribution in [0.25, 0.3) is 11.1 Å². The second kappa shape index (κ2) is 18.1. The summed E-state index contributed by atoms with van der Waals surface area (Å²) in [5.41, 5.74) is 4.63. The summed E-state index contributed by atoms with van der Waals surface area (Å²) < 4.78 is 78.2. The van der Waals surface area contributed by atoms with E-state index in [1.165, 1.54) is 13.0 Å². The van der Waals surface area contributed by atoms with Crippen LogP contribution in [0.5, 0.6) is 0 Å². The standard InChI is InChI=1S/C29H32FN3O2.2C2HF3O2/c1-20-18-33(12-11-31-20)19-24-6-4-7-25(15-24)27-16-23(9-10-28(27)30)17-32-29(35)26-8-3-5-22(14-26)13-21(2)34;2*3-2(4,5)1(6)7/h3-10,14-16,20,31H,11-13,17-19H2,1-2H3,(H,32,35);2*(H,6,7)/t20-;;/m0../s1. The summed E-state index contributed by atoms with van der Waals surface area (Å²) in [4.78, 5) is 44.2. The largest absolute Gasteiger partial charge is 0.490 e. The number of alkyl halides is 6. The maximum Gasteiger partial charge on any atom is 0.490 e. The molecule has 0 aliphatic carbocycles. The number of ketones is 1. The Kier molecular flexibility index (Phi) is 14.9. The Balaban J connectivity index is 0.000000500. The van der Waals surface area contributed by atoms with E-state index < -0.39 is 24.3 Å². The number of amides is 1. The highest BCUT2D eigenvalue weighted by molar-refractivity contribution is 5.94. The van der Waals surface area contributed by atoms with E-state index in [1.54, 1.807) is 30.3 Å². The van der Waals surface area contributed by atoms with E-state index >= 15 is 0 Å². The molecular formula is C33H34F7N3O6. The van der Waals surface area contributed by atoms with E-state index in [4.69, 9.17) is 19.8 Å². The van der Waals surface area contributed by atoms with Gasteiger partial charge in [-0.1, -0.05) is 36.4 Å². The van der Waals surface area contributed by atoms with Gasteiger partial charge >= 0.3 is 24.3 Å². The molecule has 1 saturated heterocycles. The number of carboxylic acid groups (broad SMARTS) is 2. The van der Waals surface area contributed by atoms with Gasteiger partial charge in [-0.05, 0) is 66.4 Å². The van der Waals surface area contributed by atoms with Crippen molar-refractivity contribution in [3.8, 4) is 11.1 Å². The topological polar surface area (TPSA) is 136 Å². The third kappa shape index (κ3) is 14.4. The van der Waals surface area contributed by atoms with E-state index in [0.717, 1.165) is 48.4 Å². The number of hydrogen-bond donors (Lipinski definition) is 4. The molecule has 1 amide bonds. The van der Waals surface area contributed by atoms with E-state index in [-0.39, 0.29) is 24.1 Å². The molecule has 9 nitrogen and oxygen atoms in total. The molecule has 1 atom stereocenters. The number of nitrogens with zero attached hydrogens (tertiary/aromatic N) is 1. The summed E-state index contributed by atoms with van der Waals surface area (Å²) in [6.45, 7) is 7.79. The molecule has 0 spiro atoms. The summed E-state index contributed by atoms with van der Waals surface area (Å²) in [5, 5.41) is 20.6. The van der Waals surface area contributed by atoms with Gasteiger partial charge in [-0.3, -0.25) is 14.5 Å². The van der Waals surface area contributed by atoms with Crippen LogP contribution in [-0.2, 0) is 33.9 Å². The molecule has 1 aliphatic rings. The number of Topliss-reactive ketones (excluding diaryl/α,β-unsaturated/α-hetero) is 1. The molecular weight excluding hydrogens is 667 g/mol. The number of aliphatic carboxylic acids is 2. The number of benzene rings is 3. The van der Waals surface area contributed by atoms with Gasteiger partial charge < -0.3 is 20.8 Å². The third-order valence-electron chi connectivity index (χ3n) is 6.71. The Morgan fingerprint density at radius 1 is 0.857 bits per heavy atom. The predicted molar refractivity (Wildman–Crippen MR) is 164 cm³/mol. The van der Waals surface area contributed by atoms with Crippen LogP contribution in [0.3, 0.4) is 0 Å². The lowest BCUT2D eigenvalue weighted by Gasteiger charge is -2.31. The average molecular weight is 702 g/mol. The van der Waals surface area contributed by atoms with Gasteiger partial charge in [0.1, 0.15) is 11.6 Å². The van der Waals surface area contributed by atoms with Gasteiger partial charge in [0, 0.05) is 56.3 Å². The normalized spacial score (nSPS) is 14.8. The van der Waals surface area contributed by atoms with Crippen LogP contribution in [-0.4, -0.2) is 76.8 Å². The third-order valence-corrected chi connectivity index (χ3v) is 6.71. The summed E-state index contributed by atoms with van der Waals surface area (Å²) >= 11 is 0. The molecule has 4 N–H and O–H groups in total. The Morgan fingerprint density at radius 2 is 1.45 bits per heavy atom. The Morgan fingerprint density at radius 3 is 2.02 bits per heavy atom. The number of carboxylic acids is 2. The summed E-state index contributed by atoms with van der Waals surface area (Å²) in [5.74, 6) is -5.98. The second-order valence-electron chi connectivity index (χ2n) is 11.0. The molecule has 0 aromatic heterocycles. The molecule has 3 aromatic rings. The molecule has 0 unspecified atom stereocenters. The zero-order valence-corrected chi connectivity index (χ0v) is 26.3. The van der Waals surface area contributed by atoms with Gasteiger partial charge in [0.05, 0.1) is 0 Å². The first-order chi connectivity index (χ1) is 22.8. The Bertz CT molecular complexity index is 1590. The summed E-state index contributed by atoms with van der Waals surface area (Å²) in [6, 6.07) is 20.5. The number of carbonyl (C=O) groups excluding carboxylic acids is 2. The summed E-state index contributed by atoms with van der Waals surface area (Å²) in [7, 11) is 0. The first-order valence-corrected chi connectivity index (χ1v) is 14.6. The van der Waals surface area contributed by atoms with E-state index in [1.807, 2.05) is 24.3 Å². The van der Waals surface area contributed by atoms with Crippen LogP contribution in [0.2, 0.25) is 0 Å². The molecule has 0 radical (unpaired) electrons. The van der Waals surface area contributed by atoms with Gasteiger partial charge in [0.15, 0.2) is 0 Å². The Hall–Kier alpha value is -4.83. The van der Waals surface area contributed by atoms with Crippen LogP contribution < -0.4 is 10.6 Å². The molecule has 49 heavy (non-hydrogen) atoms. The first kappa shape index (κ1) is 40.3. The number of nitrogens with one attached hydrogen (secondary N) is 2. The average Bonchev–Trinajstić information content (AvgIpc) is 3.00. The fourth-order valence-electron chi connectivity index (χ4n) is 4.55. The molecule has 1 fully saturated rings. The monoisotopic (exact) mass is 701 g/mol. The van der Waals surface area contributed by atoms with E-state index in [9.17, 15) is 40.3 Å². The van der Waals surface area contributed by atoms with Crippen LogP contribution >= 0.6 is 0 Å². The Labute approximate surface area is 276 Å². The maximum atomic E-state index is 14.8. The van der Waals surface area contributed by atoms with Crippen LogP contribution in [0.15, 0.2) is 66.7 Å². The highest BCUT2D eigenvalue weighted by Gasteiger charge is 2.38. The molecule has 266 valence electrons. The zero-order valence-electron chi connectivity index (χ0n) is 26.3. The van der Waals surface area contributed by atoms with Crippen molar-refractivity contribution < 1.29 is 60.1 Å². The van der Waals surface area contributed by atoms with Crippen molar-refractivity contribution in [3.05, 3.63) is 94.8 Å². The van der Waals surface area contributed by atoms with Crippen LogP contribution in [0.1, 0.15) is 40.9 Å². The number of carbonyl (C=O) groups is 4. The van der Waals surface area contributed by atoms with Gasteiger partial charge in [-0.2, -0.15) is 26.3 Å². The number of halogens is 7. The highest BCUT2D eigenvalue weighted by atomic mass is 19.4. The predicted octanol–water partition coefficient (Wildman–Crippen LogP) is 5.61. The van der Waals surface area contributed by atoms with Gasteiger partial charge in [0.25, 0.3) is 5.91 Å². The number of piperazine rings is 1. The highest BCUT2D eigenvalue weighted by Crippen LogP contribution is 2.26. The fraction of sp³-hybridized carbons (Fsp3) is 0.333. The van der Waals surface area contributed by atoms with Crippen molar-refractivity contribution in [3.63, 3.8) is 0 Å². The lowest BCUT2D eigenvalue weighted by molar-refractivity contribution is -0.193. The van der Waals surface area contributed by atoms with E-state index in [0.29, 0.717) is 23.6 Å². The van der Waals surface area contributed by atoms with Gasteiger partial charge in [-0.15, -0.1) is 0 Å². The molecule has 1 aliphatic heterocycles. The fourth-order valence-corrected chi connectivity index (χ4v) is 4.55. The molecule has 16 heteroatoms. The summed E-state index contributed by atoms with van der Waals surface area (Å²) in [6.07, 6.45) is -9.87. The molecule has 0 saturated carbocycles. The zero-order chi connectivity index (χ0) is 36.9. The molecule has 1 heterocycles. The minimum Gasteiger partial charge on any atom is -0.475 e. The first-order valence-electron chi connectivity index (χ1n) is 14.6. The smallest absolute Gasteiger partial charge is 0.475 e. The van der Waals surface area contributed by atoms with E-state index in [2.05, 4.69) is 28.5 Å². The van der Waals surface area contributed by atoms with Crippen molar-refractivity contribution >= 4 is 23.6 Å². The van der Waals surface area contributed by atoms with Crippen LogP contribution in [0, 0.1) is 5.82 Å². The minimum absolute atomic E-state index is 0.0490. The van der Waals surface area contributed by atoms with Crippen molar-refractivity contribution in [1.82, 2.24) is 15.5 Å². The van der Waals surface area contributed by atoms with Crippen LogP contribution in [0.4, 0.5) is 30.7 Å². The van der Waals surface area contributed by atoms with Crippen molar-refractivity contribution in [1.29, 1.82) is 0 Å². The molecule has 4 rings (SSSR count). The number of hydrogen-bond acceptors (Lipinski definition) is 6. The van der Waals surface area contributed by atoms with Crippen molar-refractivity contribution in [2.45, 2.75) is 51.8 Å². The maximum absolute atomic E-state index is 14.8. The SMILES string of the molecule is CC(=O)Cc1cccc(C(=O)NCc2ccc(F)c(-c3cccc(CN4CCN[C@@H](C)C4)c3)c2)c1.O=C(O)C(F)(F)F.O=C(O)C(F)(F)F. The lowest BCUT2D eigenvalue weighted by atomic mass is 10.00. The molecule has 3 aromatic carbocycles. The lowest BCUT2D eigenvalue weighted by Crippen LogP contribution is -2.48. The quantitative estimate of drug-likeness (QED) is 0.223.